The van der Waals surface area contributed by atoms with Crippen molar-refractivity contribution < 1.29 is 13.2 Å². The molecule has 0 radical (unpaired) electrons. The predicted octanol–water partition coefficient (Wildman–Crippen LogP) is 1.71. The van der Waals surface area contributed by atoms with Gasteiger partial charge in [0.25, 0.3) is 0 Å². The van der Waals surface area contributed by atoms with Gasteiger partial charge in [0, 0.05) is 13.1 Å². The number of nitrogens with two attached hydrogens (primary N) is 1. The summed E-state index contributed by atoms with van der Waals surface area (Å²) < 4.78 is 22.3. The van der Waals surface area contributed by atoms with Gasteiger partial charge in [-0.05, 0) is 30.7 Å². The maximum atomic E-state index is 12.7. The van der Waals surface area contributed by atoms with Gasteiger partial charge in [0.05, 0.1) is 11.7 Å². The number of carbonyl (C=O) groups is 1. The molecule has 1 aliphatic rings. The van der Waals surface area contributed by atoms with Gasteiger partial charge in [-0.3, -0.25) is 4.79 Å². The van der Waals surface area contributed by atoms with Crippen LogP contribution in [0.2, 0.25) is 0 Å². The lowest BCUT2D eigenvalue weighted by molar-refractivity contribution is -0.134. The maximum absolute atomic E-state index is 12.7. The third-order valence-corrected chi connectivity index (χ3v) is 5.24. The fraction of sp³-hybridized carbons (Fsp3) is 0.562. The van der Waals surface area contributed by atoms with Crippen LogP contribution in [-0.4, -0.2) is 38.1 Å². The minimum absolute atomic E-state index is 0.0188. The van der Waals surface area contributed by atoms with E-state index in [-0.39, 0.29) is 23.5 Å². The van der Waals surface area contributed by atoms with Crippen LogP contribution in [0, 0.1) is 5.92 Å². The average molecular weight is 324 g/mol. The van der Waals surface area contributed by atoms with Crippen molar-refractivity contribution in [1.29, 1.82) is 0 Å². The van der Waals surface area contributed by atoms with Gasteiger partial charge in [-0.25, -0.2) is 13.6 Å². The molecule has 1 aromatic rings. The van der Waals surface area contributed by atoms with Crippen molar-refractivity contribution in [3.63, 3.8) is 0 Å². The molecule has 2 N–H and O–H groups in total. The zero-order valence-electron chi connectivity index (χ0n) is 12.9. The number of primary sulfonamides is 1. The average Bonchev–Trinajstić information content (AvgIpc) is 2.48. The Hall–Kier alpha value is -1.40. The summed E-state index contributed by atoms with van der Waals surface area (Å²) >= 11 is 0. The molecule has 1 aliphatic heterocycles. The number of benzene rings is 1. The van der Waals surface area contributed by atoms with Crippen molar-refractivity contribution in [1.82, 2.24) is 4.90 Å². The largest absolute Gasteiger partial charge is 0.342 e. The number of hydrogen-bond donors (Lipinski definition) is 1. The molecule has 0 aromatic heterocycles. The highest BCUT2D eigenvalue weighted by atomic mass is 32.2. The van der Waals surface area contributed by atoms with Crippen LogP contribution in [0.15, 0.2) is 30.3 Å². The van der Waals surface area contributed by atoms with E-state index in [1.165, 1.54) is 0 Å². The van der Waals surface area contributed by atoms with Gasteiger partial charge in [0.1, 0.15) is 0 Å². The Balaban J connectivity index is 1.97. The van der Waals surface area contributed by atoms with Crippen LogP contribution in [0.3, 0.4) is 0 Å². The molecule has 1 heterocycles. The highest BCUT2D eigenvalue weighted by Crippen LogP contribution is 2.25. The van der Waals surface area contributed by atoms with E-state index in [9.17, 15) is 13.2 Å². The van der Waals surface area contributed by atoms with Gasteiger partial charge in [-0.1, -0.05) is 37.3 Å². The lowest BCUT2D eigenvalue weighted by Gasteiger charge is -2.34. The summed E-state index contributed by atoms with van der Waals surface area (Å²) in [6.07, 6.45) is 2.17. The zero-order chi connectivity index (χ0) is 16.2. The lowest BCUT2D eigenvalue weighted by Crippen LogP contribution is -2.42. The van der Waals surface area contributed by atoms with Crippen molar-refractivity contribution in [2.24, 2.45) is 11.1 Å². The van der Waals surface area contributed by atoms with Crippen molar-refractivity contribution in [2.45, 2.75) is 32.1 Å². The normalized spacial score (nSPS) is 18.2. The molecular formula is C16H24N2O3S. The molecular weight excluding hydrogens is 300 g/mol. The summed E-state index contributed by atoms with van der Waals surface area (Å²) in [5, 5.41) is 5.10. The second-order valence-corrected chi connectivity index (χ2v) is 7.63. The molecule has 122 valence electrons. The number of nitrogens with zero attached hydrogens (tertiary/aromatic N) is 1. The maximum Gasteiger partial charge on any atom is 0.230 e. The van der Waals surface area contributed by atoms with E-state index >= 15 is 0 Å². The Morgan fingerprint density at radius 3 is 2.36 bits per heavy atom. The van der Waals surface area contributed by atoms with Crippen molar-refractivity contribution in [3.8, 4) is 0 Å². The second-order valence-electron chi connectivity index (χ2n) is 5.97. The first-order chi connectivity index (χ1) is 10.4. The quantitative estimate of drug-likeness (QED) is 0.895. The number of likely N-dealkylation sites (tertiary alicyclic amines) is 1. The van der Waals surface area contributed by atoms with E-state index in [4.69, 9.17) is 5.14 Å². The Kier molecular flexibility index (Phi) is 5.58. The number of amides is 1. The van der Waals surface area contributed by atoms with Gasteiger partial charge in [-0.15, -0.1) is 0 Å². The Morgan fingerprint density at radius 2 is 1.86 bits per heavy atom. The standard InChI is InChI=1S/C16H24N2O3S/c1-2-15(14-6-4-3-5-7-14)16(19)18-10-8-13(9-11-18)12-22(17,20)21/h3-7,13,15H,2,8-12H2,1H3,(H2,17,20,21). The van der Waals surface area contributed by atoms with Crippen LogP contribution in [-0.2, 0) is 14.8 Å². The molecule has 1 aromatic carbocycles. The third kappa shape index (κ3) is 4.55. The van der Waals surface area contributed by atoms with Crippen molar-refractivity contribution in [2.75, 3.05) is 18.8 Å². The van der Waals surface area contributed by atoms with Crippen LogP contribution < -0.4 is 5.14 Å². The highest BCUT2D eigenvalue weighted by Gasteiger charge is 2.29. The summed E-state index contributed by atoms with van der Waals surface area (Å²) in [6, 6.07) is 9.81. The van der Waals surface area contributed by atoms with Gasteiger partial charge in [0.2, 0.25) is 15.9 Å². The van der Waals surface area contributed by atoms with Crippen LogP contribution in [0.5, 0.6) is 0 Å². The summed E-state index contributed by atoms with van der Waals surface area (Å²) in [5.74, 6) is 0.111. The molecule has 6 heteroatoms. The first-order valence-electron chi connectivity index (χ1n) is 7.75. The molecule has 2 rings (SSSR count). The number of rotatable bonds is 5. The fourth-order valence-corrected chi connectivity index (χ4v) is 4.10. The summed E-state index contributed by atoms with van der Waals surface area (Å²) in [4.78, 5) is 14.6. The van der Waals surface area contributed by atoms with Crippen molar-refractivity contribution in [3.05, 3.63) is 35.9 Å². The third-order valence-electron chi connectivity index (χ3n) is 4.30. The van der Waals surface area contributed by atoms with Crippen LogP contribution in [0.4, 0.5) is 0 Å². The SMILES string of the molecule is CCC(C(=O)N1CCC(CS(N)(=O)=O)CC1)c1ccccc1. The summed E-state index contributed by atoms with van der Waals surface area (Å²) in [5.41, 5.74) is 1.04. The van der Waals surface area contributed by atoms with Gasteiger partial charge < -0.3 is 4.90 Å². The monoisotopic (exact) mass is 324 g/mol. The molecule has 0 bridgehead atoms. The number of carbonyl (C=O) groups excluding carboxylic acids is 1. The number of hydrogen-bond acceptors (Lipinski definition) is 3. The highest BCUT2D eigenvalue weighted by molar-refractivity contribution is 7.89. The molecule has 1 amide bonds. The van der Waals surface area contributed by atoms with Gasteiger partial charge >= 0.3 is 0 Å². The first kappa shape index (κ1) is 17.0. The molecule has 5 nitrogen and oxygen atoms in total. The fourth-order valence-electron chi connectivity index (χ4n) is 3.11. The summed E-state index contributed by atoms with van der Waals surface area (Å²) in [7, 11) is -3.43. The van der Waals surface area contributed by atoms with E-state index in [1.807, 2.05) is 42.2 Å². The molecule has 0 aliphatic carbocycles. The first-order valence-corrected chi connectivity index (χ1v) is 9.46. The topological polar surface area (TPSA) is 80.5 Å². The summed E-state index contributed by atoms with van der Waals surface area (Å²) in [6.45, 7) is 3.24. The second kappa shape index (κ2) is 7.24. The molecule has 1 unspecified atom stereocenters. The molecule has 0 saturated carbocycles. The van der Waals surface area contributed by atoms with Crippen LogP contribution in [0.1, 0.15) is 37.7 Å². The van der Waals surface area contributed by atoms with E-state index in [1.54, 1.807) is 0 Å². The lowest BCUT2D eigenvalue weighted by atomic mass is 9.92. The zero-order valence-corrected chi connectivity index (χ0v) is 13.8. The molecule has 1 saturated heterocycles. The van der Waals surface area contributed by atoms with Gasteiger partial charge in [0.15, 0.2) is 0 Å². The van der Waals surface area contributed by atoms with E-state index in [0.717, 1.165) is 12.0 Å². The number of piperidine rings is 1. The smallest absolute Gasteiger partial charge is 0.230 e. The molecule has 0 spiro atoms. The van der Waals surface area contributed by atoms with E-state index in [0.29, 0.717) is 25.9 Å². The molecule has 1 atom stereocenters. The number of sulfonamides is 1. The van der Waals surface area contributed by atoms with E-state index < -0.39 is 10.0 Å². The predicted molar refractivity (Wildman–Crippen MR) is 86.8 cm³/mol. The minimum Gasteiger partial charge on any atom is -0.342 e. The molecule has 1 fully saturated rings. The molecule has 22 heavy (non-hydrogen) atoms. The Morgan fingerprint density at radius 1 is 1.27 bits per heavy atom. The van der Waals surface area contributed by atoms with Crippen molar-refractivity contribution >= 4 is 15.9 Å². The Labute approximate surface area is 132 Å². The van der Waals surface area contributed by atoms with Crippen LogP contribution >= 0.6 is 0 Å². The Bertz CT molecular complexity index is 593. The van der Waals surface area contributed by atoms with E-state index in [2.05, 4.69) is 0 Å². The minimum atomic E-state index is -3.43. The van der Waals surface area contributed by atoms with Gasteiger partial charge in [-0.2, -0.15) is 0 Å². The van der Waals surface area contributed by atoms with Crippen LogP contribution in [0.25, 0.3) is 0 Å².